The molecule has 0 amide bonds. The van der Waals surface area contributed by atoms with Crippen molar-refractivity contribution in [1.82, 2.24) is 4.98 Å². The van der Waals surface area contributed by atoms with Crippen LogP contribution in [0.4, 0.5) is 10.1 Å². The first-order valence-electron chi connectivity index (χ1n) is 5.78. The number of aromatic carboxylic acids is 1. The molecule has 2 aromatic rings. The molecule has 0 unspecified atom stereocenters. The summed E-state index contributed by atoms with van der Waals surface area (Å²) in [4.78, 5) is 14.1. The molecule has 0 saturated carbocycles. The van der Waals surface area contributed by atoms with Gasteiger partial charge in [-0.05, 0) is 36.8 Å². The predicted octanol–water partition coefficient (Wildman–Crippen LogP) is 2.03. The monoisotopic (exact) mass is 310 g/mol. The fraction of sp³-hybridized carbons (Fsp3) is 0.0769. The highest BCUT2D eigenvalue weighted by atomic mass is 32.2. The Bertz CT molecular complexity index is 788. The van der Waals surface area contributed by atoms with Gasteiger partial charge in [0.2, 0.25) is 0 Å². The quantitative estimate of drug-likeness (QED) is 0.900. The first-order valence-corrected chi connectivity index (χ1v) is 7.26. The third kappa shape index (κ3) is 3.34. The number of carbonyl (C=O) groups is 1. The fourth-order valence-corrected chi connectivity index (χ4v) is 2.95. The van der Waals surface area contributed by atoms with E-state index in [4.69, 9.17) is 5.11 Å². The Morgan fingerprint density at radius 1 is 1.29 bits per heavy atom. The second kappa shape index (κ2) is 5.49. The van der Waals surface area contributed by atoms with E-state index in [9.17, 15) is 17.6 Å². The summed E-state index contributed by atoms with van der Waals surface area (Å²) in [6.45, 7) is 1.54. The number of aromatic nitrogens is 1. The molecule has 0 atom stereocenters. The molecule has 2 rings (SSSR count). The minimum Gasteiger partial charge on any atom is -0.477 e. The fourth-order valence-electron chi connectivity index (χ4n) is 1.65. The average molecular weight is 310 g/mol. The highest BCUT2D eigenvalue weighted by Gasteiger charge is 2.18. The van der Waals surface area contributed by atoms with Crippen LogP contribution in [0.25, 0.3) is 0 Å². The number of sulfonamides is 1. The minimum atomic E-state index is -3.98. The number of aryl methyl sites for hydroxylation is 1. The number of nitrogens with zero attached hydrogens (tertiary/aromatic N) is 1. The maximum atomic E-state index is 13.2. The van der Waals surface area contributed by atoms with Gasteiger partial charge in [-0.25, -0.2) is 22.6 Å². The minimum absolute atomic E-state index is 0.0867. The van der Waals surface area contributed by atoms with E-state index in [1.54, 1.807) is 6.92 Å². The predicted molar refractivity (Wildman–Crippen MR) is 73.1 cm³/mol. The Labute approximate surface area is 120 Å². The summed E-state index contributed by atoms with van der Waals surface area (Å²) in [5.41, 5.74) is 0.266. The van der Waals surface area contributed by atoms with Gasteiger partial charge >= 0.3 is 5.97 Å². The zero-order chi connectivity index (χ0) is 15.6. The van der Waals surface area contributed by atoms with Crippen molar-refractivity contribution in [2.24, 2.45) is 0 Å². The van der Waals surface area contributed by atoms with Crippen LogP contribution in [-0.2, 0) is 10.0 Å². The Balaban J connectivity index is 2.33. The van der Waals surface area contributed by atoms with Gasteiger partial charge in [-0.3, -0.25) is 4.72 Å². The van der Waals surface area contributed by atoms with E-state index in [1.807, 2.05) is 0 Å². The molecule has 0 saturated heterocycles. The van der Waals surface area contributed by atoms with Crippen molar-refractivity contribution in [3.8, 4) is 0 Å². The molecule has 0 radical (unpaired) electrons. The molecule has 0 bridgehead atoms. The van der Waals surface area contributed by atoms with Crippen molar-refractivity contribution in [2.75, 3.05) is 4.72 Å². The summed E-state index contributed by atoms with van der Waals surface area (Å²) >= 11 is 0. The van der Waals surface area contributed by atoms with Gasteiger partial charge in [0, 0.05) is 0 Å². The van der Waals surface area contributed by atoms with Crippen molar-refractivity contribution in [2.45, 2.75) is 11.8 Å². The first kappa shape index (κ1) is 14.9. The van der Waals surface area contributed by atoms with Gasteiger partial charge in [0.15, 0.2) is 0 Å². The van der Waals surface area contributed by atoms with Crippen molar-refractivity contribution in [1.29, 1.82) is 0 Å². The van der Waals surface area contributed by atoms with Crippen LogP contribution in [0.3, 0.4) is 0 Å². The molecule has 21 heavy (non-hydrogen) atoms. The molecule has 0 aliphatic heterocycles. The maximum absolute atomic E-state index is 13.2. The second-order valence-corrected chi connectivity index (χ2v) is 5.90. The van der Waals surface area contributed by atoms with Crippen molar-refractivity contribution in [3.05, 3.63) is 53.6 Å². The van der Waals surface area contributed by atoms with Gasteiger partial charge in [0.1, 0.15) is 11.5 Å². The summed E-state index contributed by atoms with van der Waals surface area (Å²) in [5.74, 6) is -1.88. The van der Waals surface area contributed by atoms with Crippen LogP contribution in [0.15, 0.2) is 41.4 Å². The molecule has 1 aromatic carbocycles. The van der Waals surface area contributed by atoms with Gasteiger partial charge in [0.05, 0.1) is 16.8 Å². The molecule has 1 heterocycles. The summed E-state index contributed by atoms with van der Waals surface area (Å²) in [5, 5.41) is 8.71. The molecule has 0 aliphatic rings. The lowest BCUT2D eigenvalue weighted by Crippen LogP contribution is -2.15. The number of anilines is 1. The van der Waals surface area contributed by atoms with E-state index in [0.717, 1.165) is 18.3 Å². The summed E-state index contributed by atoms with van der Waals surface area (Å²) in [6, 6.07) is 5.87. The maximum Gasteiger partial charge on any atom is 0.354 e. The lowest BCUT2D eigenvalue weighted by molar-refractivity contribution is 0.0690. The number of benzene rings is 1. The molecule has 1 aromatic heterocycles. The van der Waals surface area contributed by atoms with E-state index in [0.29, 0.717) is 5.56 Å². The van der Waals surface area contributed by atoms with Gasteiger partial charge in [-0.15, -0.1) is 0 Å². The van der Waals surface area contributed by atoms with Crippen LogP contribution < -0.4 is 4.72 Å². The van der Waals surface area contributed by atoms with Crippen LogP contribution in [0.1, 0.15) is 16.1 Å². The number of carboxylic acids is 1. The lowest BCUT2D eigenvalue weighted by atomic mass is 10.2. The molecular weight excluding hydrogens is 299 g/mol. The standard InChI is InChI=1S/C13H11FN2O4S/c1-8-2-3-9(14)6-12(8)21(19,20)16-10-4-5-11(13(17)18)15-7-10/h2-7,16H,1H3,(H,17,18). The Hall–Kier alpha value is -2.48. The van der Waals surface area contributed by atoms with E-state index >= 15 is 0 Å². The molecule has 0 aliphatic carbocycles. The zero-order valence-corrected chi connectivity index (χ0v) is 11.7. The van der Waals surface area contributed by atoms with Gasteiger partial charge in [0.25, 0.3) is 10.0 Å². The number of rotatable bonds is 4. The smallest absolute Gasteiger partial charge is 0.354 e. The number of halogens is 1. The van der Waals surface area contributed by atoms with Crippen LogP contribution in [0.5, 0.6) is 0 Å². The van der Waals surface area contributed by atoms with Gasteiger partial charge in [-0.2, -0.15) is 0 Å². The van der Waals surface area contributed by atoms with Crippen LogP contribution in [0.2, 0.25) is 0 Å². The normalized spacial score (nSPS) is 11.1. The molecule has 0 spiro atoms. The molecule has 2 N–H and O–H groups in total. The summed E-state index contributed by atoms with van der Waals surface area (Å²) in [7, 11) is -3.98. The molecule has 6 nitrogen and oxygen atoms in total. The summed E-state index contributed by atoms with van der Waals surface area (Å²) in [6.07, 6.45) is 1.08. The molecule has 8 heteroatoms. The average Bonchev–Trinajstić information content (AvgIpc) is 2.41. The van der Waals surface area contributed by atoms with E-state index in [1.165, 1.54) is 18.2 Å². The lowest BCUT2D eigenvalue weighted by Gasteiger charge is -2.10. The molecular formula is C13H11FN2O4S. The highest BCUT2D eigenvalue weighted by Crippen LogP contribution is 2.20. The number of hydrogen-bond donors (Lipinski definition) is 2. The molecule has 110 valence electrons. The third-order valence-corrected chi connectivity index (χ3v) is 4.20. The third-order valence-electron chi connectivity index (χ3n) is 2.67. The Kier molecular flexibility index (Phi) is 3.90. The van der Waals surface area contributed by atoms with Gasteiger partial charge < -0.3 is 5.11 Å². The number of pyridine rings is 1. The number of carboxylic acid groups (broad SMARTS) is 1. The van der Waals surface area contributed by atoms with Crippen molar-refractivity contribution >= 4 is 21.7 Å². The number of nitrogens with one attached hydrogen (secondary N) is 1. The Morgan fingerprint density at radius 2 is 2.00 bits per heavy atom. The van der Waals surface area contributed by atoms with Crippen molar-refractivity contribution < 1.29 is 22.7 Å². The Morgan fingerprint density at radius 3 is 2.57 bits per heavy atom. The SMILES string of the molecule is Cc1ccc(F)cc1S(=O)(=O)Nc1ccc(C(=O)O)nc1. The summed E-state index contributed by atoms with van der Waals surface area (Å²) < 4.78 is 39.8. The van der Waals surface area contributed by atoms with E-state index in [-0.39, 0.29) is 16.3 Å². The van der Waals surface area contributed by atoms with Crippen molar-refractivity contribution in [3.63, 3.8) is 0 Å². The van der Waals surface area contributed by atoms with Crippen LogP contribution in [-0.4, -0.2) is 24.5 Å². The van der Waals surface area contributed by atoms with Crippen LogP contribution in [0, 0.1) is 12.7 Å². The van der Waals surface area contributed by atoms with E-state index < -0.39 is 21.8 Å². The van der Waals surface area contributed by atoms with E-state index in [2.05, 4.69) is 9.71 Å². The first-order chi connectivity index (χ1) is 9.79. The molecule has 0 fully saturated rings. The zero-order valence-electron chi connectivity index (χ0n) is 10.9. The van der Waals surface area contributed by atoms with Gasteiger partial charge in [-0.1, -0.05) is 6.07 Å². The highest BCUT2D eigenvalue weighted by molar-refractivity contribution is 7.92. The largest absolute Gasteiger partial charge is 0.477 e. The number of hydrogen-bond acceptors (Lipinski definition) is 4. The van der Waals surface area contributed by atoms with Crippen LogP contribution >= 0.6 is 0 Å². The topological polar surface area (TPSA) is 96.4 Å². The second-order valence-electron chi connectivity index (χ2n) is 4.25.